The molecule has 7 nitrogen and oxygen atoms in total. The van der Waals surface area contributed by atoms with Gasteiger partial charge in [0, 0.05) is 18.2 Å². The van der Waals surface area contributed by atoms with Crippen molar-refractivity contribution in [3.05, 3.63) is 23.0 Å². The quantitative estimate of drug-likeness (QED) is 0.767. The molecular weight excluding hydrogens is 370 g/mol. The van der Waals surface area contributed by atoms with Crippen LogP contribution in [0.3, 0.4) is 0 Å². The summed E-state index contributed by atoms with van der Waals surface area (Å²) >= 11 is 6.27. The van der Waals surface area contributed by atoms with Gasteiger partial charge in [-0.15, -0.1) is 0 Å². The summed E-state index contributed by atoms with van der Waals surface area (Å²) in [6, 6.07) is 3.86. The van der Waals surface area contributed by atoms with E-state index in [1.54, 1.807) is 26.4 Å². The minimum Gasteiger partial charge on any atom is -0.493 e. The molecule has 0 saturated carbocycles. The zero-order valence-corrected chi connectivity index (χ0v) is 16.5. The number of likely N-dealkylation sites (tertiary alicyclic amines) is 1. The molecule has 1 aromatic heterocycles. The molecule has 0 spiro atoms. The van der Waals surface area contributed by atoms with Crippen molar-refractivity contribution in [3.8, 4) is 22.9 Å². The highest BCUT2D eigenvalue weighted by atomic mass is 35.5. The highest BCUT2D eigenvalue weighted by Gasteiger charge is 2.23. The van der Waals surface area contributed by atoms with Gasteiger partial charge in [0.1, 0.15) is 0 Å². The maximum atomic E-state index is 9.35. The van der Waals surface area contributed by atoms with E-state index in [9.17, 15) is 5.11 Å². The van der Waals surface area contributed by atoms with Crippen LogP contribution >= 0.6 is 11.6 Å². The van der Waals surface area contributed by atoms with Crippen LogP contribution in [0, 0.1) is 0 Å². The third kappa shape index (κ3) is 4.72. The summed E-state index contributed by atoms with van der Waals surface area (Å²) in [5, 5.41) is 13.9. The minimum atomic E-state index is 0.195. The molecule has 0 radical (unpaired) electrons. The van der Waals surface area contributed by atoms with E-state index in [2.05, 4.69) is 15.0 Å². The van der Waals surface area contributed by atoms with Gasteiger partial charge in [-0.1, -0.05) is 29.6 Å². The second-order valence-electron chi connectivity index (χ2n) is 6.69. The molecule has 1 unspecified atom stereocenters. The fourth-order valence-corrected chi connectivity index (χ4v) is 3.87. The van der Waals surface area contributed by atoms with Crippen molar-refractivity contribution in [2.45, 2.75) is 44.7 Å². The molecule has 1 atom stereocenters. The first kappa shape index (κ1) is 19.9. The van der Waals surface area contributed by atoms with Crippen LogP contribution in [-0.2, 0) is 6.54 Å². The van der Waals surface area contributed by atoms with E-state index in [4.69, 9.17) is 25.6 Å². The lowest BCUT2D eigenvalue weighted by Crippen LogP contribution is -2.35. The average Bonchev–Trinajstić information content (AvgIpc) is 3.03. The lowest BCUT2D eigenvalue weighted by molar-refractivity contribution is 0.137. The highest BCUT2D eigenvalue weighted by molar-refractivity contribution is 6.32. The molecule has 0 bridgehead atoms. The van der Waals surface area contributed by atoms with Gasteiger partial charge in [-0.25, -0.2) is 0 Å². The van der Waals surface area contributed by atoms with E-state index in [0.717, 1.165) is 25.8 Å². The van der Waals surface area contributed by atoms with Crippen LogP contribution in [-0.4, -0.2) is 53.6 Å². The van der Waals surface area contributed by atoms with Gasteiger partial charge in [0.2, 0.25) is 11.7 Å². The van der Waals surface area contributed by atoms with Gasteiger partial charge < -0.3 is 19.1 Å². The fraction of sp³-hybridized carbons (Fsp3) is 0.579. The van der Waals surface area contributed by atoms with Gasteiger partial charge in [0.25, 0.3) is 0 Å². The number of halogens is 1. The third-order valence-electron chi connectivity index (χ3n) is 4.96. The molecule has 2 aromatic rings. The van der Waals surface area contributed by atoms with Crippen LogP contribution in [0.15, 0.2) is 16.7 Å². The molecule has 148 valence electrons. The highest BCUT2D eigenvalue weighted by Crippen LogP contribution is 2.38. The predicted octanol–water partition coefficient (Wildman–Crippen LogP) is 3.53. The Balaban J connectivity index is 1.79. The summed E-state index contributed by atoms with van der Waals surface area (Å²) in [6.45, 7) is 1.75. The van der Waals surface area contributed by atoms with Gasteiger partial charge in [0.15, 0.2) is 11.5 Å². The number of aromatic nitrogens is 2. The summed E-state index contributed by atoms with van der Waals surface area (Å²) in [6.07, 6.45) is 5.42. The summed E-state index contributed by atoms with van der Waals surface area (Å²) in [5.41, 5.74) is 0.704. The first-order valence-corrected chi connectivity index (χ1v) is 9.63. The smallest absolute Gasteiger partial charge is 0.241 e. The van der Waals surface area contributed by atoms with Crippen LogP contribution in [0.25, 0.3) is 11.4 Å². The average molecular weight is 396 g/mol. The summed E-state index contributed by atoms with van der Waals surface area (Å²) in [7, 11) is 3.10. The molecule has 2 heterocycles. The molecule has 8 heteroatoms. The Morgan fingerprint density at radius 3 is 2.85 bits per heavy atom. The van der Waals surface area contributed by atoms with Gasteiger partial charge >= 0.3 is 0 Å². The topological polar surface area (TPSA) is 80.9 Å². The van der Waals surface area contributed by atoms with Crippen molar-refractivity contribution in [1.29, 1.82) is 0 Å². The molecule has 0 aliphatic carbocycles. The molecule has 3 rings (SSSR count). The second-order valence-corrected chi connectivity index (χ2v) is 7.10. The third-order valence-corrected chi connectivity index (χ3v) is 5.24. The van der Waals surface area contributed by atoms with Gasteiger partial charge in [-0.2, -0.15) is 4.98 Å². The van der Waals surface area contributed by atoms with Crippen LogP contribution in [0.1, 0.15) is 38.0 Å². The lowest BCUT2D eigenvalue weighted by atomic mass is 10.1. The van der Waals surface area contributed by atoms with Crippen molar-refractivity contribution in [2.24, 2.45) is 0 Å². The lowest BCUT2D eigenvalue weighted by Gasteiger charge is -2.27. The zero-order valence-electron chi connectivity index (χ0n) is 15.8. The SMILES string of the molecule is COc1cc(-c2noc(CN3CCCCCC3CCO)n2)cc(Cl)c1OC. The van der Waals surface area contributed by atoms with Gasteiger partial charge in [-0.3, -0.25) is 4.90 Å². The number of aliphatic hydroxyl groups excluding tert-OH is 1. The Labute approximate surface area is 164 Å². The molecular formula is C19H26ClN3O4. The molecule has 1 N–H and O–H groups in total. The molecule has 1 fully saturated rings. The standard InChI is InChI=1S/C19H26ClN3O4/c1-25-16-11-13(10-15(20)18(16)26-2)19-21-17(27-22-19)12-23-8-5-3-4-6-14(23)7-9-24/h10-11,14,24H,3-9,12H2,1-2H3. The molecule has 27 heavy (non-hydrogen) atoms. The van der Waals surface area contributed by atoms with E-state index in [0.29, 0.717) is 46.4 Å². The number of methoxy groups -OCH3 is 2. The Kier molecular flexibility index (Phi) is 6.93. The van der Waals surface area contributed by atoms with Gasteiger partial charge in [-0.05, 0) is 37.9 Å². The minimum absolute atomic E-state index is 0.195. The number of rotatable bonds is 7. The Bertz CT molecular complexity index is 753. The number of ether oxygens (including phenoxy) is 2. The number of hydrogen-bond donors (Lipinski definition) is 1. The monoisotopic (exact) mass is 395 g/mol. The van der Waals surface area contributed by atoms with Crippen LogP contribution < -0.4 is 9.47 Å². The van der Waals surface area contributed by atoms with E-state index in [-0.39, 0.29) is 6.61 Å². The summed E-state index contributed by atoms with van der Waals surface area (Å²) < 4.78 is 16.1. The van der Waals surface area contributed by atoms with Crippen LogP contribution in [0.2, 0.25) is 5.02 Å². The van der Waals surface area contributed by atoms with Crippen LogP contribution in [0.4, 0.5) is 0 Å². The Hall–Kier alpha value is -1.83. The summed E-state index contributed by atoms with van der Waals surface area (Å²) in [5.74, 6) is 2.01. The Morgan fingerprint density at radius 2 is 2.11 bits per heavy atom. The Morgan fingerprint density at radius 1 is 1.26 bits per heavy atom. The largest absolute Gasteiger partial charge is 0.493 e. The molecule has 0 amide bonds. The van der Waals surface area contributed by atoms with Crippen molar-refractivity contribution in [1.82, 2.24) is 15.0 Å². The predicted molar refractivity (Wildman–Crippen MR) is 102 cm³/mol. The number of benzene rings is 1. The van der Waals surface area contributed by atoms with Crippen molar-refractivity contribution >= 4 is 11.6 Å². The first-order valence-electron chi connectivity index (χ1n) is 9.25. The van der Waals surface area contributed by atoms with Crippen molar-refractivity contribution in [3.63, 3.8) is 0 Å². The van der Waals surface area contributed by atoms with Crippen molar-refractivity contribution < 1.29 is 19.1 Å². The first-order chi connectivity index (χ1) is 13.2. The maximum Gasteiger partial charge on any atom is 0.241 e. The zero-order chi connectivity index (χ0) is 19.2. The van der Waals surface area contributed by atoms with Crippen LogP contribution in [0.5, 0.6) is 11.5 Å². The molecule has 1 aliphatic rings. The number of aliphatic hydroxyl groups is 1. The molecule has 1 saturated heterocycles. The van der Waals surface area contributed by atoms with E-state index in [1.165, 1.54) is 12.8 Å². The van der Waals surface area contributed by atoms with E-state index in [1.807, 2.05) is 0 Å². The number of nitrogens with zero attached hydrogens (tertiary/aromatic N) is 3. The fourth-order valence-electron chi connectivity index (χ4n) is 3.58. The second kappa shape index (κ2) is 9.39. The molecule has 1 aliphatic heterocycles. The van der Waals surface area contributed by atoms with Crippen molar-refractivity contribution in [2.75, 3.05) is 27.4 Å². The van der Waals surface area contributed by atoms with Gasteiger partial charge in [0.05, 0.1) is 25.8 Å². The normalized spacial score (nSPS) is 18.3. The van der Waals surface area contributed by atoms with E-state index < -0.39 is 0 Å². The summed E-state index contributed by atoms with van der Waals surface area (Å²) in [4.78, 5) is 6.87. The molecule has 1 aromatic carbocycles. The van der Waals surface area contributed by atoms with E-state index >= 15 is 0 Å². The number of hydrogen-bond acceptors (Lipinski definition) is 7. The maximum absolute atomic E-state index is 9.35.